The van der Waals surface area contributed by atoms with Gasteiger partial charge in [-0.05, 0) is 25.7 Å². The van der Waals surface area contributed by atoms with Crippen LogP contribution in [0.1, 0.15) is 39.0 Å². The lowest BCUT2D eigenvalue weighted by atomic mass is 9.94. The van der Waals surface area contributed by atoms with Crippen LogP contribution in [0.4, 0.5) is 0 Å². The highest BCUT2D eigenvalue weighted by molar-refractivity contribution is 5.93. The van der Waals surface area contributed by atoms with Crippen LogP contribution in [0.5, 0.6) is 0 Å². The van der Waals surface area contributed by atoms with E-state index >= 15 is 0 Å². The second-order valence-corrected chi connectivity index (χ2v) is 3.53. The van der Waals surface area contributed by atoms with E-state index in [1.165, 1.54) is 19.3 Å². The first-order valence-electron chi connectivity index (χ1n) is 5.06. The lowest BCUT2D eigenvalue weighted by Gasteiger charge is -2.32. The van der Waals surface area contributed by atoms with Crippen LogP contribution in [0.2, 0.25) is 0 Å². The third-order valence-corrected chi connectivity index (χ3v) is 2.74. The van der Waals surface area contributed by atoms with Crippen LogP contribution < -0.4 is 0 Å². The van der Waals surface area contributed by atoms with E-state index in [1.807, 2.05) is 11.8 Å². The number of rotatable bonds is 2. The zero-order valence-corrected chi connectivity index (χ0v) is 8.25. The van der Waals surface area contributed by atoms with Crippen LogP contribution in [-0.4, -0.2) is 23.4 Å². The Labute approximate surface area is 80.3 Å². The first kappa shape index (κ1) is 10.1. The molecule has 1 amide bonds. The molecule has 0 aromatic carbocycles. The maximum atomic E-state index is 11.3. The molecule has 0 atom stereocenters. The molecule has 2 heteroatoms. The van der Waals surface area contributed by atoms with Gasteiger partial charge in [0.15, 0.2) is 0 Å². The Morgan fingerprint density at radius 2 is 2.08 bits per heavy atom. The van der Waals surface area contributed by atoms with E-state index < -0.39 is 0 Å². The van der Waals surface area contributed by atoms with Crippen molar-refractivity contribution in [2.24, 2.45) is 0 Å². The summed E-state index contributed by atoms with van der Waals surface area (Å²) in [5, 5.41) is 0. The summed E-state index contributed by atoms with van der Waals surface area (Å²) in [6, 6.07) is 0.405. The van der Waals surface area contributed by atoms with Gasteiger partial charge < -0.3 is 4.90 Å². The van der Waals surface area contributed by atoms with Gasteiger partial charge in [0.1, 0.15) is 0 Å². The Balaban J connectivity index is 2.54. The molecule has 0 radical (unpaired) electrons. The highest BCUT2D eigenvalue weighted by atomic mass is 16.2. The monoisotopic (exact) mass is 179 g/mol. The predicted molar refractivity (Wildman–Crippen MR) is 53.1 cm³/mol. The second-order valence-electron chi connectivity index (χ2n) is 3.53. The summed E-state index contributed by atoms with van der Waals surface area (Å²) in [6.07, 6.45) is 11.1. The first-order chi connectivity index (χ1) is 6.29. The molecule has 1 rings (SSSR count). The molecule has 1 saturated carbocycles. The molecule has 1 fully saturated rings. The maximum Gasteiger partial charge on any atom is 0.298 e. The molecule has 0 heterocycles. The minimum Gasteiger partial charge on any atom is -0.329 e. The summed E-state index contributed by atoms with van der Waals surface area (Å²) in [6.45, 7) is 2.73. The van der Waals surface area contributed by atoms with E-state index in [2.05, 4.69) is 5.92 Å². The molecular formula is C11H17NO. The van der Waals surface area contributed by atoms with Crippen molar-refractivity contribution >= 4 is 5.91 Å². The lowest BCUT2D eigenvalue weighted by Crippen LogP contribution is -2.40. The molecule has 2 nitrogen and oxygen atoms in total. The topological polar surface area (TPSA) is 20.3 Å². The Morgan fingerprint density at radius 1 is 1.46 bits per heavy atom. The molecule has 0 bridgehead atoms. The molecule has 0 aromatic heterocycles. The highest BCUT2D eigenvalue weighted by Crippen LogP contribution is 2.22. The van der Waals surface area contributed by atoms with Crippen molar-refractivity contribution in [1.82, 2.24) is 4.90 Å². The molecule has 1 aliphatic rings. The van der Waals surface area contributed by atoms with Crippen molar-refractivity contribution in [2.45, 2.75) is 45.1 Å². The number of nitrogens with zero attached hydrogens (tertiary/aromatic N) is 1. The van der Waals surface area contributed by atoms with Gasteiger partial charge in [-0.1, -0.05) is 19.3 Å². The van der Waals surface area contributed by atoms with Gasteiger partial charge in [0, 0.05) is 12.6 Å². The summed E-state index contributed by atoms with van der Waals surface area (Å²) in [5.41, 5.74) is 0. The maximum absolute atomic E-state index is 11.3. The fourth-order valence-corrected chi connectivity index (χ4v) is 2.04. The van der Waals surface area contributed by atoms with Crippen LogP contribution in [0, 0.1) is 12.3 Å². The SMILES string of the molecule is C#CC(=O)N(CC)C1CCCCC1. The standard InChI is InChI=1S/C11H17NO/c1-3-11(13)12(4-2)10-8-6-5-7-9-10/h1,10H,4-9H2,2H3. The van der Waals surface area contributed by atoms with Crippen molar-refractivity contribution in [1.29, 1.82) is 0 Å². The van der Waals surface area contributed by atoms with Gasteiger partial charge in [-0.25, -0.2) is 0 Å². The van der Waals surface area contributed by atoms with Crippen molar-refractivity contribution in [3.63, 3.8) is 0 Å². The van der Waals surface area contributed by atoms with Crippen molar-refractivity contribution in [3.8, 4) is 12.3 Å². The zero-order chi connectivity index (χ0) is 9.68. The summed E-state index contributed by atoms with van der Waals surface area (Å²) in [5.74, 6) is 2.06. The summed E-state index contributed by atoms with van der Waals surface area (Å²) < 4.78 is 0. The summed E-state index contributed by atoms with van der Waals surface area (Å²) in [4.78, 5) is 13.2. The number of terminal acetylenes is 1. The Morgan fingerprint density at radius 3 is 2.54 bits per heavy atom. The second kappa shape index (κ2) is 4.91. The van der Waals surface area contributed by atoms with Crippen molar-refractivity contribution < 1.29 is 4.79 Å². The first-order valence-corrected chi connectivity index (χ1v) is 5.06. The van der Waals surface area contributed by atoms with E-state index in [0.717, 1.165) is 19.4 Å². The van der Waals surface area contributed by atoms with Gasteiger partial charge in [0.05, 0.1) is 0 Å². The van der Waals surface area contributed by atoms with Gasteiger partial charge >= 0.3 is 0 Å². The fraction of sp³-hybridized carbons (Fsp3) is 0.727. The molecule has 0 saturated heterocycles. The third kappa shape index (κ3) is 2.48. The number of hydrogen-bond donors (Lipinski definition) is 0. The van der Waals surface area contributed by atoms with Gasteiger partial charge in [-0.2, -0.15) is 0 Å². The predicted octanol–water partition coefficient (Wildman–Crippen LogP) is 1.80. The average Bonchev–Trinajstić information content (AvgIpc) is 2.20. The number of carbonyl (C=O) groups is 1. The zero-order valence-electron chi connectivity index (χ0n) is 8.25. The van der Waals surface area contributed by atoms with E-state index in [9.17, 15) is 4.79 Å². The Kier molecular flexibility index (Phi) is 3.82. The minimum atomic E-state index is -0.144. The molecule has 0 N–H and O–H groups in total. The van der Waals surface area contributed by atoms with Crippen LogP contribution in [0.25, 0.3) is 0 Å². The normalized spacial score (nSPS) is 17.8. The van der Waals surface area contributed by atoms with E-state index in [0.29, 0.717) is 6.04 Å². The van der Waals surface area contributed by atoms with Crippen molar-refractivity contribution in [3.05, 3.63) is 0 Å². The van der Waals surface area contributed by atoms with Gasteiger partial charge in [0.25, 0.3) is 5.91 Å². The molecule has 0 spiro atoms. The number of carbonyl (C=O) groups excluding carboxylic acids is 1. The third-order valence-electron chi connectivity index (χ3n) is 2.74. The van der Waals surface area contributed by atoms with E-state index in [-0.39, 0.29) is 5.91 Å². The van der Waals surface area contributed by atoms with Gasteiger partial charge in [-0.15, -0.1) is 6.42 Å². The highest BCUT2D eigenvalue weighted by Gasteiger charge is 2.22. The van der Waals surface area contributed by atoms with E-state index in [1.54, 1.807) is 0 Å². The number of hydrogen-bond acceptors (Lipinski definition) is 1. The van der Waals surface area contributed by atoms with E-state index in [4.69, 9.17) is 6.42 Å². The molecule has 72 valence electrons. The molecule has 0 aliphatic heterocycles. The molecule has 1 aliphatic carbocycles. The van der Waals surface area contributed by atoms with Crippen molar-refractivity contribution in [2.75, 3.05) is 6.54 Å². The summed E-state index contributed by atoms with van der Waals surface area (Å²) >= 11 is 0. The van der Waals surface area contributed by atoms with Gasteiger partial charge in [-0.3, -0.25) is 4.79 Å². The van der Waals surface area contributed by atoms with Crippen LogP contribution in [0.15, 0.2) is 0 Å². The Bertz CT molecular complexity index is 211. The smallest absolute Gasteiger partial charge is 0.298 e. The Hall–Kier alpha value is -0.970. The largest absolute Gasteiger partial charge is 0.329 e. The molecular weight excluding hydrogens is 162 g/mol. The number of amides is 1. The quantitative estimate of drug-likeness (QED) is 0.592. The molecule has 0 aromatic rings. The molecule has 13 heavy (non-hydrogen) atoms. The van der Waals surface area contributed by atoms with Crippen LogP contribution in [-0.2, 0) is 4.79 Å². The fourth-order valence-electron chi connectivity index (χ4n) is 2.04. The minimum absolute atomic E-state index is 0.144. The lowest BCUT2D eigenvalue weighted by molar-refractivity contribution is -0.127. The average molecular weight is 179 g/mol. The molecule has 0 unspecified atom stereocenters. The van der Waals surface area contributed by atoms with Crippen LogP contribution >= 0.6 is 0 Å². The van der Waals surface area contributed by atoms with Gasteiger partial charge in [0.2, 0.25) is 0 Å². The van der Waals surface area contributed by atoms with Crippen LogP contribution in [0.3, 0.4) is 0 Å². The summed E-state index contributed by atoms with van der Waals surface area (Å²) in [7, 11) is 0.